The largest absolute Gasteiger partial charge is 0.480 e. The van der Waals surface area contributed by atoms with Gasteiger partial charge in [0.1, 0.15) is 0 Å². The number of hydrogen-bond donors (Lipinski definition) is 1. The van der Waals surface area contributed by atoms with Crippen LogP contribution in [0.2, 0.25) is 5.02 Å². The second-order valence-corrected chi connectivity index (χ2v) is 5.27. The maximum absolute atomic E-state index is 11.9. The number of hydrogen-bond acceptors (Lipinski definition) is 3. The molecule has 1 N–H and O–H groups in total. The van der Waals surface area contributed by atoms with E-state index >= 15 is 0 Å². The molecule has 2 heterocycles. The lowest BCUT2D eigenvalue weighted by molar-refractivity contribution is -0.118. The molecule has 0 bridgehead atoms. The third-order valence-electron chi connectivity index (χ3n) is 3.05. The van der Waals surface area contributed by atoms with Crippen molar-refractivity contribution in [2.24, 2.45) is 0 Å². The highest BCUT2D eigenvalue weighted by Crippen LogP contribution is 2.19. The Labute approximate surface area is 132 Å². The molecule has 112 valence electrons. The van der Waals surface area contributed by atoms with Gasteiger partial charge in [0.15, 0.2) is 18.0 Å². The molecule has 0 atom stereocenters. The normalized spacial score (nSPS) is 10.6. The zero-order valence-corrected chi connectivity index (χ0v) is 12.7. The topological polar surface area (TPSA) is 55.6 Å². The van der Waals surface area contributed by atoms with E-state index in [1.54, 1.807) is 30.3 Å². The minimum Gasteiger partial charge on any atom is -0.480 e. The number of anilines is 1. The SMILES string of the molecule is Cc1cn2cccc(OCC(=O)Nc3ccc(Cl)cc3)c2n1. The van der Waals surface area contributed by atoms with Crippen molar-refractivity contribution in [2.75, 3.05) is 11.9 Å². The Morgan fingerprint density at radius 2 is 2.09 bits per heavy atom. The molecule has 0 aliphatic carbocycles. The predicted octanol–water partition coefficient (Wildman–Crippen LogP) is 3.31. The molecule has 0 unspecified atom stereocenters. The van der Waals surface area contributed by atoms with Crippen LogP contribution in [0.25, 0.3) is 5.65 Å². The third kappa shape index (κ3) is 3.20. The van der Waals surface area contributed by atoms with Crippen molar-refractivity contribution in [1.82, 2.24) is 9.38 Å². The lowest BCUT2D eigenvalue weighted by atomic mass is 10.3. The van der Waals surface area contributed by atoms with Gasteiger partial charge < -0.3 is 14.5 Å². The third-order valence-corrected chi connectivity index (χ3v) is 3.31. The number of nitrogens with zero attached hydrogens (tertiary/aromatic N) is 2. The van der Waals surface area contributed by atoms with Crippen molar-refractivity contribution >= 4 is 28.8 Å². The number of aryl methyl sites for hydroxylation is 1. The highest BCUT2D eigenvalue weighted by Gasteiger charge is 2.08. The highest BCUT2D eigenvalue weighted by atomic mass is 35.5. The summed E-state index contributed by atoms with van der Waals surface area (Å²) in [6.07, 6.45) is 3.78. The summed E-state index contributed by atoms with van der Waals surface area (Å²) in [7, 11) is 0. The molecule has 0 aliphatic heterocycles. The van der Waals surface area contributed by atoms with Crippen LogP contribution in [0.15, 0.2) is 48.8 Å². The van der Waals surface area contributed by atoms with Gasteiger partial charge in [-0.25, -0.2) is 4.98 Å². The number of pyridine rings is 1. The quantitative estimate of drug-likeness (QED) is 0.803. The Bertz CT molecular complexity index is 812. The summed E-state index contributed by atoms with van der Waals surface area (Å²) in [5.74, 6) is 0.328. The van der Waals surface area contributed by atoms with Gasteiger partial charge in [-0.15, -0.1) is 0 Å². The number of aromatic nitrogens is 2. The average molecular weight is 316 g/mol. The zero-order valence-electron chi connectivity index (χ0n) is 11.9. The molecule has 0 aliphatic rings. The molecule has 3 aromatic rings. The van der Waals surface area contributed by atoms with E-state index in [-0.39, 0.29) is 12.5 Å². The molecule has 1 amide bonds. The summed E-state index contributed by atoms with van der Waals surface area (Å²) >= 11 is 5.80. The fourth-order valence-electron chi connectivity index (χ4n) is 2.10. The first-order valence-electron chi connectivity index (χ1n) is 6.74. The lowest BCUT2D eigenvalue weighted by Gasteiger charge is -2.08. The maximum atomic E-state index is 11.9. The van der Waals surface area contributed by atoms with Crippen LogP contribution in [0, 0.1) is 6.92 Å². The van der Waals surface area contributed by atoms with Crippen molar-refractivity contribution in [2.45, 2.75) is 6.92 Å². The lowest BCUT2D eigenvalue weighted by Crippen LogP contribution is -2.20. The number of fused-ring (bicyclic) bond motifs is 1. The van der Waals surface area contributed by atoms with Crippen molar-refractivity contribution in [3.05, 3.63) is 59.5 Å². The summed E-state index contributed by atoms with van der Waals surface area (Å²) in [6, 6.07) is 10.5. The minimum atomic E-state index is -0.243. The fraction of sp³-hybridized carbons (Fsp3) is 0.125. The van der Waals surface area contributed by atoms with Gasteiger partial charge in [0.2, 0.25) is 0 Å². The van der Waals surface area contributed by atoms with Gasteiger partial charge in [-0.2, -0.15) is 0 Å². The second-order valence-electron chi connectivity index (χ2n) is 4.83. The van der Waals surface area contributed by atoms with Crippen LogP contribution in [0.5, 0.6) is 5.75 Å². The zero-order chi connectivity index (χ0) is 15.5. The van der Waals surface area contributed by atoms with Gasteiger partial charge in [-0.05, 0) is 43.3 Å². The number of halogens is 1. The van der Waals surface area contributed by atoms with Crippen molar-refractivity contribution < 1.29 is 9.53 Å². The summed E-state index contributed by atoms with van der Waals surface area (Å²) in [6.45, 7) is 1.82. The van der Waals surface area contributed by atoms with Crippen molar-refractivity contribution in [3.8, 4) is 5.75 Å². The van der Waals surface area contributed by atoms with Crippen LogP contribution >= 0.6 is 11.6 Å². The van der Waals surface area contributed by atoms with E-state index in [2.05, 4.69) is 10.3 Å². The number of nitrogens with one attached hydrogen (secondary N) is 1. The van der Waals surface area contributed by atoms with Crippen LogP contribution < -0.4 is 10.1 Å². The number of imidazole rings is 1. The van der Waals surface area contributed by atoms with E-state index in [1.165, 1.54) is 0 Å². The maximum Gasteiger partial charge on any atom is 0.262 e. The molecule has 0 radical (unpaired) electrons. The van der Waals surface area contributed by atoms with Gasteiger partial charge in [0.05, 0.1) is 5.69 Å². The molecule has 5 nitrogen and oxygen atoms in total. The summed E-state index contributed by atoms with van der Waals surface area (Å²) in [5, 5.41) is 3.36. The number of carbonyl (C=O) groups is 1. The molecular weight excluding hydrogens is 302 g/mol. The van der Waals surface area contributed by atoms with Gasteiger partial charge in [-0.1, -0.05) is 11.6 Å². The fourth-order valence-corrected chi connectivity index (χ4v) is 2.22. The Hall–Kier alpha value is -2.53. The molecule has 0 fully saturated rings. The van der Waals surface area contributed by atoms with E-state index in [1.807, 2.05) is 29.8 Å². The molecule has 0 saturated heterocycles. The predicted molar refractivity (Wildman–Crippen MR) is 85.5 cm³/mol. The first-order chi connectivity index (χ1) is 10.6. The van der Waals surface area contributed by atoms with Gasteiger partial charge in [0.25, 0.3) is 5.91 Å². The van der Waals surface area contributed by atoms with Gasteiger partial charge in [-0.3, -0.25) is 4.79 Å². The van der Waals surface area contributed by atoms with Gasteiger partial charge in [0, 0.05) is 23.1 Å². The van der Waals surface area contributed by atoms with Crippen LogP contribution in [0.4, 0.5) is 5.69 Å². The molecule has 0 spiro atoms. The number of carbonyl (C=O) groups excluding carboxylic acids is 1. The van der Waals surface area contributed by atoms with E-state index in [0.29, 0.717) is 22.1 Å². The number of amides is 1. The Morgan fingerprint density at radius 3 is 2.86 bits per heavy atom. The monoisotopic (exact) mass is 315 g/mol. The first kappa shape index (κ1) is 14.4. The summed E-state index contributed by atoms with van der Waals surface area (Å²) in [5.41, 5.74) is 2.26. The number of rotatable bonds is 4. The van der Waals surface area contributed by atoms with E-state index < -0.39 is 0 Å². The average Bonchev–Trinajstić information content (AvgIpc) is 2.88. The van der Waals surface area contributed by atoms with Crippen LogP contribution in [0.3, 0.4) is 0 Å². The second kappa shape index (κ2) is 6.07. The smallest absolute Gasteiger partial charge is 0.262 e. The minimum absolute atomic E-state index is 0.0891. The molecular formula is C16H14ClN3O2. The van der Waals surface area contributed by atoms with E-state index in [9.17, 15) is 4.79 Å². The Balaban J connectivity index is 1.66. The standard InChI is InChI=1S/C16H14ClN3O2/c1-11-9-20-8-2-3-14(16(20)18-11)22-10-15(21)19-13-6-4-12(17)5-7-13/h2-9H,10H2,1H3,(H,19,21). The number of ether oxygens (including phenoxy) is 1. The Morgan fingerprint density at radius 1 is 1.32 bits per heavy atom. The van der Waals surface area contributed by atoms with Crippen LogP contribution in [-0.2, 0) is 4.79 Å². The Kier molecular flexibility index (Phi) is 3.98. The van der Waals surface area contributed by atoms with Crippen molar-refractivity contribution in [3.63, 3.8) is 0 Å². The number of benzene rings is 1. The first-order valence-corrected chi connectivity index (χ1v) is 7.12. The van der Waals surface area contributed by atoms with Crippen molar-refractivity contribution in [1.29, 1.82) is 0 Å². The highest BCUT2D eigenvalue weighted by molar-refractivity contribution is 6.30. The molecule has 6 heteroatoms. The van der Waals surface area contributed by atoms with Gasteiger partial charge >= 0.3 is 0 Å². The van der Waals surface area contributed by atoms with E-state index in [4.69, 9.17) is 16.3 Å². The molecule has 1 aromatic carbocycles. The van der Waals surface area contributed by atoms with E-state index in [0.717, 1.165) is 5.69 Å². The summed E-state index contributed by atoms with van der Waals surface area (Å²) < 4.78 is 7.43. The molecule has 3 rings (SSSR count). The molecule has 22 heavy (non-hydrogen) atoms. The van der Waals surface area contributed by atoms with Crippen LogP contribution in [-0.4, -0.2) is 21.9 Å². The molecule has 2 aromatic heterocycles. The summed E-state index contributed by atoms with van der Waals surface area (Å²) in [4.78, 5) is 16.3. The molecule has 0 saturated carbocycles. The van der Waals surface area contributed by atoms with Crippen LogP contribution in [0.1, 0.15) is 5.69 Å².